The molecule has 0 radical (unpaired) electrons. The van der Waals surface area contributed by atoms with Crippen LogP contribution in [0.3, 0.4) is 0 Å². The van der Waals surface area contributed by atoms with Crippen molar-refractivity contribution >= 4 is 0 Å². The topological polar surface area (TPSA) is 21.3 Å². The number of nitrogens with one attached hydrogen (secondary N) is 1. The Morgan fingerprint density at radius 2 is 2.22 bits per heavy atom. The standard InChI is InChI=1S/C7H15NO/c1-9-7-3-2-5-8-6-4-7/h7-8H,2-6H2,1H3/t7-/m0/s1. The van der Waals surface area contributed by atoms with E-state index in [4.69, 9.17) is 4.74 Å². The summed E-state index contributed by atoms with van der Waals surface area (Å²) in [4.78, 5) is 0. The lowest BCUT2D eigenvalue weighted by atomic mass is 10.2. The van der Waals surface area contributed by atoms with Crippen LogP contribution in [0.2, 0.25) is 0 Å². The Hall–Kier alpha value is -0.0800. The summed E-state index contributed by atoms with van der Waals surface area (Å²) in [6.45, 7) is 2.29. The molecule has 0 aromatic carbocycles. The predicted octanol–water partition coefficient (Wildman–Crippen LogP) is 0.775. The van der Waals surface area contributed by atoms with Crippen LogP contribution in [0.5, 0.6) is 0 Å². The molecule has 0 aromatic rings. The van der Waals surface area contributed by atoms with Gasteiger partial charge in [-0.3, -0.25) is 0 Å². The highest BCUT2D eigenvalue weighted by atomic mass is 16.5. The normalized spacial score (nSPS) is 29.7. The summed E-state index contributed by atoms with van der Waals surface area (Å²) in [5, 5.41) is 3.33. The monoisotopic (exact) mass is 129 g/mol. The average molecular weight is 129 g/mol. The molecule has 0 spiro atoms. The van der Waals surface area contributed by atoms with Crippen LogP contribution >= 0.6 is 0 Å². The molecule has 1 heterocycles. The Bertz CT molecular complexity index is 67.3. The highest BCUT2D eigenvalue weighted by Crippen LogP contribution is 2.07. The Labute approximate surface area is 56.6 Å². The largest absolute Gasteiger partial charge is 0.381 e. The molecule has 0 saturated carbocycles. The van der Waals surface area contributed by atoms with Crippen LogP contribution in [0.15, 0.2) is 0 Å². The summed E-state index contributed by atoms with van der Waals surface area (Å²) in [7, 11) is 1.80. The fourth-order valence-electron chi connectivity index (χ4n) is 1.22. The van der Waals surface area contributed by atoms with E-state index in [0.29, 0.717) is 6.10 Å². The summed E-state index contributed by atoms with van der Waals surface area (Å²) in [6.07, 6.45) is 4.18. The molecule has 1 N–H and O–H groups in total. The maximum absolute atomic E-state index is 5.23. The van der Waals surface area contributed by atoms with E-state index in [2.05, 4.69) is 5.32 Å². The molecule has 2 heteroatoms. The first kappa shape index (κ1) is 7.03. The third kappa shape index (κ3) is 2.33. The molecule has 1 aliphatic heterocycles. The highest BCUT2D eigenvalue weighted by molar-refractivity contribution is 4.65. The summed E-state index contributed by atoms with van der Waals surface area (Å²) >= 11 is 0. The van der Waals surface area contributed by atoms with E-state index in [-0.39, 0.29) is 0 Å². The van der Waals surface area contributed by atoms with Gasteiger partial charge in [0, 0.05) is 7.11 Å². The van der Waals surface area contributed by atoms with Crippen molar-refractivity contribution in [3.8, 4) is 0 Å². The van der Waals surface area contributed by atoms with Crippen molar-refractivity contribution in [3.05, 3.63) is 0 Å². The Balaban J connectivity index is 2.18. The van der Waals surface area contributed by atoms with E-state index in [9.17, 15) is 0 Å². The molecule has 0 bridgehead atoms. The smallest absolute Gasteiger partial charge is 0.0584 e. The lowest BCUT2D eigenvalue weighted by molar-refractivity contribution is 0.0928. The van der Waals surface area contributed by atoms with Crippen molar-refractivity contribution < 1.29 is 4.74 Å². The maximum atomic E-state index is 5.23. The Morgan fingerprint density at radius 1 is 1.33 bits per heavy atom. The molecule has 1 fully saturated rings. The van der Waals surface area contributed by atoms with Gasteiger partial charge in [0.1, 0.15) is 0 Å². The molecule has 0 amide bonds. The van der Waals surface area contributed by atoms with Crippen LogP contribution in [0.1, 0.15) is 19.3 Å². The van der Waals surface area contributed by atoms with Crippen LogP contribution in [0, 0.1) is 0 Å². The van der Waals surface area contributed by atoms with Crippen LogP contribution in [0.25, 0.3) is 0 Å². The van der Waals surface area contributed by atoms with Crippen LogP contribution < -0.4 is 5.32 Å². The zero-order valence-corrected chi connectivity index (χ0v) is 6.02. The SMILES string of the molecule is CO[C@H]1CCCNCC1. The van der Waals surface area contributed by atoms with Gasteiger partial charge in [-0.2, -0.15) is 0 Å². The number of hydrogen-bond acceptors (Lipinski definition) is 2. The van der Waals surface area contributed by atoms with Gasteiger partial charge in [0.2, 0.25) is 0 Å². The van der Waals surface area contributed by atoms with E-state index in [1.54, 1.807) is 7.11 Å². The van der Waals surface area contributed by atoms with E-state index >= 15 is 0 Å². The molecule has 9 heavy (non-hydrogen) atoms. The zero-order valence-electron chi connectivity index (χ0n) is 6.02. The van der Waals surface area contributed by atoms with Gasteiger partial charge in [-0.25, -0.2) is 0 Å². The molecular formula is C7H15NO. The first-order valence-electron chi connectivity index (χ1n) is 3.67. The minimum Gasteiger partial charge on any atom is -0.381 e. The van der Waals surface area contributed by atoms with Crippen LogP contribution in [0.4, 0.5) is 0 Å². The summed E-state index contributed by atoms with van der Waals surface area (Å²) in [6, 6.07) is 0. The van der Waals surface area contributed by atoms with Crippen molar-refractivity contribution in [2.24, 2.45) is 0 Å². The molecule has 0 aliphatic carbocycles. The van der Waals surface area contributed by atoms with Gasteiger partial charge >= 0.3 is 0 Å². The van der Waals surface area contributed by atoms with E-state index < -0.39 is 0 Å². The molecule has 1 aliphatic rings. The van der Waals surface area contributed by atoms with Gasteiger partial charge in [-0.05, 0) is 32.4 Å². The predicted molar refractivity (Wildman–Crippen MR) is 37.5 cm³/mol. The van der Waals surface area contributed by atoms with E-state index in [1.165, 1.54) is 25.8 Å². The summed E-state index contributed by atoms with van der Waals surface area (Å²) in [5.74, 6) is 0. The maximum Gasteiger partial charge on any atom is 0.0584 e. The van der Waals surface area contributed by atoms with Crippen molar-refractivity contribution in [1.29, 1.82) is 0 Å². The fourth-order valence-corrected chi connectivity index (χ4v) is 1.22. The first-order chi connectivity index (χ1) is 4.43. The molecule has 54 valence electrons. The number of rotatable bonds is 1. The number of methoxy groups -OCH3 is 1. The van der Waals surface area contributed by atoms with Crippen molar-refractivity contribution in [2.45, 2.75) is 25.4 Å². The van der Waals surface area contributed by atoms with Crippen LogP contribution in [-0.4, -0.2) is 26.3 Å². The Morgan fingerprint density at radius 3 is 3.00 bits per heavy atom. The molecule has 1 rings (SSSR count). The summed E-state index contributed by atoms with van der Waals surface area (Å²) in [5.41, 5.74) is 0. The van der Waals surface area contributed by atoms with Crippen molar-refractivity contribution in [1.82, 2.24) is 5.32 Å². The highest BCUT2D eigenvalue weighted by Gasteiger charge is 2.08. The molecule has 2 nitrogen and oxygen atoms in total. The van der Waals surface area contributed by atoms with Gasteiger partial charge in [-0.15, -0.1) is 0 Å². The second kappa shape index (κ2) is 3.85. The zero-order chi connectivity index (χ0) is 6.53. The molecule has 0 unspecified atom stereocenters. The lowest BCUT2D eigenvalue weighted by Crippen LogP contribution is -2.16. The Kier molecular flexibility index (Phi) is 3.01. The van der Waals surface area contributed by atoms with Gasteiger partial charge in [0.25, 0.3) is 0 Å². The second-order valence-electron chi connectivity index (χ2n) is 2.54. The second-order valence-corrected chi connectivity index (χ2v) is 2.54. The van der Waals surface area contributed by atoms with Gasteiger partial charge in [0.15, 0.2) is 0 Å². The van der Waals surface area contributed by atoms with E-state index in [0.717, 1.165) is 6.54 Å². The molecule has 1 atom stereocenters. The summed E-state index contributed by atoms with van der Waals surface area (Å²) < 4.78 is 5.23. The van der Waals surface area contributed by atoms with Crippen LogP contribution in [-0.2, 0) is 4.74 Å². The molecular weight excluding hydrogens is 114 g/mol. The fraction of sp³-hybridized carbons (Fsp3) is 1.00. The first-order valence-corrected chi connectivity index (χ1v) is 3.67. The third-order valence-electron chi connectivity index (χ3n) is 1.86. The number of hydrogen-bond donors (Lipinski definition) is 1. The number of ether oxygens (including phenoxy) is 1. The van der Waals surface area contributed by atoms with E-state index in [1.807, 2.05) is 0 Å². The minimum absolute atomic E-state index is 0.514. The molecule has 0 aromatic heterocycles. The van der Waals surface area contributed by atoms with Gasteiger partial charge < -0.3 is 10.1 Å². The van der Waals surface area contributed by atoms with Gasteiger partial charge in [-0.1, -0.05) is 0 Å². The quantitative estimate of drug-likeness (QED) is 0.564. The third-order valence-corrected chi connectivity index (χ3v) is 1.86. The lowest BCUT2D eigenvalue weighted by Gasteiger charge is -2.09. The molecule has 1 saturated heterocycles. The van der Waals surface area contributed by atoms with Gasteiger partial charge in [0.05, 0.1) is 6.10 Å². The minimum atomic E-state index is 0.514. The van der Waals surface area contributed by atoms with Crippen molar-refractivity contribution in [2.75, 3.05) is 20.2 Å². The average Bonchev–Trinajstić information content (AvgIpc) is 2.13. The van der Waals surface area contributed by atoms with Crippen molar-refractivity contribution in [3.63, 3.8) is 0 Å².